The Morgan fingerprint density at radius 2 is 2.16 bits per heavy atom. The Hall–Kier alpha value is -2.15. The highest BCUT2D eigenvalue weighted by Gasteiger charge is 2.12. The van der Waals surface area contributed by atoms with Crippen LogP contribution in [0.4, 0.5) is 0 Å². The van der Waals surface area contributed by atoms with Crippen LogP contribution in [0.3, 0.4) is 0 Å². The number of nitrogens with zero attached hydrogens (tertiary/aromatic N) is 2. The molecule has 0 aliphatic carbocycles. The number of amides is 1. The molecular formula is C12H13N3O3S. The van der Waals surface area contributed by atoms with E-state index in [1.54, 1.807) is 12.5 Å². The third-order valence-corrected chi connectivity index (χ3v) is 3.55. The second kappa shape index (κ2) is 6.14. The molecule has 0 spiro atoms. The van der Waals surface area contributed by atoms with E-state index in [0.29, 0.717) is 11.4 Å². The molecule has 19 heavy (non-hydrogen) atoms. The van der Waals surface area contributed by atoms with Gasteiger partial charge >= 0.3 is 5.97 Å². The predicted octanol–water partition coefficient (Wildman–Crippen LogP) is 1.46. The topological polar surface area (TPSA) is 84.2 Å². The minimum atomic E-state index is -1.01. The molecule has 2 N–H and O–H groups in total. The zero-order valence-corrected chi connectivity index (χ0v) is 10.9. The van der Waals surface area contributed by atoms with Crippen molar-refractivity contribution in [2.45, 2.75) is 13.0 Å². The van der Waals surface area contributed by atoms with Crippen molar-refractivity contribution in [3.63, 3.8) is 0 Å². The van der Waals surface area contributed by atoms with Crippen LogP contribution in [-0.4, -0.2) is 33.1 Å². The fraction of sp³-hybridized carbons (Fsp3) is 0.250. The molecule has 6 nitrogen and oxygen atoms in total. The maximum absolute atomic E-state index is 11.7. The number of carboxylic acid groups (broad SMARTS) is 1. The number of thiophene rings is 1. The number of imidazole rings is 1. The molecule has 2 aromatic heterocycles. The third-order valence-electron chi connectivity index (χ3n) is 2.48. The van der Waals surface area contributed by atoms with Crippen molar-refractivity contribution in [2.24, 2.45) is 0 Å². The number of carbonyl (C=O) groups is 2. The highest BCUT2D eigenvalue weighted by Crippen LogP contribution is 2.16. The number of carbonyl (C=O) groups excluding carboxylic acids is 1. The summed E-state index contributed by atoms with van der Waals surface area (Å²) in [4.78, 5) is 26.9. The molecule has 0 bridgehead atoms. The van der Waals surface area contributed by atoms with Crippen molar-refractivity contribution in [3.8, 4) is 0 Å². The van der Waals surface area contributed by atoms with E-state index in [1.165, 1.54) is 12.1 Å². The number of nitrogens with one attached hydrogen (secondary N) is 1. The van der Waals surface area contributed by atoms with Gasteiger partial charge in [-0.1, -0.05) is 0 Å². The van der Waals surface area contributed by atoms with Gasteiger partial charge < -0.3 is 15.0 Å². The van der Waals surface area contributed by atoms with Crippen molar-refractivity contribution in [1.82, 2.24) is 14.9 Å². The lowest BCUT2D eigenvalue weighted by Gasteiger charge is -2.04. The number of aryl methyl sites for hydroxylation is 1. The predicted molar refractivity (Wildman–Crippen MR) is 70.5 cm³/mol. The highest BCUT2D eigenvalue weighted by molar-refractivity contribution is 7.15. The summed E-state index contributed by atoms with van der Waals surface area (Å²) in [6.45, 7) is 1.32. The van der Waals surface area contributed by atoms with Crippen molar-refractivity contribution in [2.75, 3.05) is 6.54 Å². The van der Waals surface area contributed by atoms with Gasteiger partial charge in [-0.15, -0.1) is 11.3 Å². The van der Waals surface area contributed by atoms with Crippen molar-refractivity contribution < 1.29 is 14.7 Å². The molecule has 0 aliphatic rings. The summed E-state index contributed by atoms with van der Waals surface area (Å²) in [5.41, 5.74) is 0. The molecule has 2 aromatic rings. The zero-order valence-electron chi connectivity index (χ0n) is 10.1. The van der Waals surface area contributed by atoms with Crippen LogP contribution >= 0.6 is 11.3 Å². The van der Waals surface area contributed by atoms with Crippen LogP contribution in [0.2, 0.25) is 0 Å². The van der Waals surface area contributed by atoms with Crippen LogP contribution in [0.1, 0.15) is 25.8 Å². The first kappa shape index (κ1) is 13.3. The van der Waals surface area contributed by atoms with Gasteiger partial charge in [0.1, 0.15) is 4.88 Å². The molecule has 0 saturated heterocycles. The molecule has 2 heterocycles. The number of carboxylic acids is 1. The molecule has 0 atom stereocenters. The van der Waals surface area contributed by atoms with Gasteiger partial charge in [0.25, 0.3) is 5.91 Å². The minimum absolute atomic E-state index is 0.170. The summed E-state index contributed by atoms with van der Waals surface area (Å²) < 4.78 is 1.93. The summed E-state index contributed by atoms with van der Waals surface area (Å²) in [6.07, 6.45) is 6.08. The summed E-state index contributed by atoms with van der Waals surface area (Å²) >= 11 is 0.978. The van der Waals surface area contributed by atoms with Crippen LogP contribution in [0.5, 0.6) is 0 Å². The van der Waals surface area contributed by atoms with Gasteiger partial charge in [0, 0.05) is 25.5 Å². The van der Waals surface area contributed by atoms with Gasteiger partial charge in [-0.25, -0.2) is 9.78 Å². The average Bonchev–Trinajstić information content (AvgIpc) is 3.05. The van der Waals surface area contributed by atoms with E-state index < -0.39 is 5.97 Å². The Labute approximate surface area is 113 Å². The summed E-state index contributed by atoms with van der Waals surface area (Å²) in [5, 5.41) is 11.5. The van der Waals surface area contributed by atoms with Crippen molar-refractivity contribution in [1.29, 1.82) is 0 Å². The Kier molecular flexibility index (Phi) is 4.30. The van der Waals surface area contributed by atoms with E-state index in [-0.39, 0.29) is 10.8 Å². The Bertz CT molecular complexity index is 563. The Morgan fingerprint density at radius 3 is 2.79 bits per heavy atom. The number of rotatable bonds is 6. The third kappa shape index (κ3) is 3.65. The smallest absolute Gasteiger partial charge is 0.345 e. The quantitative estimate of drug-likeness (QED) is 0.784. The number of aromatic carboxylic acids is 1. The zero-order chi connectivity index (χ0) is 13.7. The van der Waals surface area contributed by atoms with Crippen LogP contribution in [0.25, 0.3) is 0 Å². The summed E-state index contributed by atoms with van der Waals surface area (Å²) in [5.74, 6) is -1.24. The monoisotopic (exact) mass is 279 g/mol. The fourth-order valence-corrected chi connectivity index (χ4v) is 2.31. The van der Waals surface area contributed by atoms with E-state index in [9.17, 15) is 9.59 Å². The molecule has 1 amide bonds. The average molecular weight is 279 g/mol. The van der Waals surface area contributed by atoms with Gasteiger partial charge in [-0.05, 0) is 18.6 Å². The molecule has 0 unspecified atom stereocenters. The maximum Gasteiger partial charge on any atom is 0.345 e. The van der Waals surface area contributed by atoms with Gasteiger partial charge in [0.05, 0.1) is 11.2 Å². The lowest BCUT2D eigenvalue weighted by atomic mass is 10.3. The SMILES string of the molecule is O=C(O)c1ccc(C(=O)NCCCn2ccnc2)s1. The second-order valence-corrected chi connectivity index (χ2v) is 4.96. The lowest BCUT2D eigenvalue weighted by Crippen LogP contribution is -2.24. The minimum Gasteiger partial charge on any atom is -0.477 e. The molecule has 0 radical (unpaired) electrons. The van der Waals surface area contributed by atoms with Gasteiger partial charge in [-0.3, -0.25) is 4.79 Å². The number of hydrogen-bond donors (Lipinski definition) is 2. The molecule has 0 aromatic carbocycles. The standard InChI is InChI=1S/C12H13N3O3S/c16-11(9-2-3-10(19-9)12(17)18)14-4-1-6-15-7-5-13-8-15/h2-3,5,7-8H,1,4,6H2,(H,14,16)(H,17,18). The first-order valence-electron chi connectivity index (χ1n) is 5.74. The second-order valence-electron chi connectivity index (χ2n) is 3.88. The summed E-state index contributed by atoms with van der Waals surface area (Å²) in [7, 11) is 0. The number of hydrogen-bond acceptors (Lipinski definition) is 4. The van der Waals surface area contributed by atoms with E-state index in [0.717, 1.165) is 24.3 Å². The van der Waals surface area contributed by atoms with E-state index in [2.05, 4.69) is 10.3 Å². The van der Waals surface area contributed by atoms with Gasteiger partial charge in [0.15, 0.2) is 0 Å². The molecule has 100 valence electrons. The molecular weight excluding hydrogens is 266 g/mol. The fourth-order valence-electron chi connectivity index (χ4n) is 1.54. The lowest BCUT2D eigenvalue weighted by molar-refractivity contribution is 0.0702. The van der Waals surface area contributed by atoms with Crippen LogP contribution < -0.4 is 5.32 Å². The first-order chi connectivity index (χ1) is 9.16. The first-order valence-corrected chi connectivity index (χ1v) is 6.55. The highest BCUT2D eigenvalue weighted by atomic mass is 32.1. The van der Waals surface area contributed by atoms with Crippen LogP contribution in [-0.2, 0) is 6.54 Å². The van der Waals surface area contributed by atoms with E-state index >= 15 is 0 Å². The van der Waals surface area contributed by atoms with Crippen LogP contribution in [0.15, 0.2) is 30.9 Å². The molecule has 0 aliphatic heterocycles. The molecule has 7 heteroatoms. The molecule has 0 fully saturated rings. The van der Waals surface area contributed by atoms with Crippen molar-refractivity contribution >= 4 is 23.2 Å². The van der Waals surface area contributed by atoms with Gasteiger partial charge in [0.2, 0.25) is 0 Å². The maximum atomic E-state index is 11.7. The van der Waals surface area contributed by atoms with E-state index in [1.807, 2.05) is 10.8 Å². The Balaban J connectivity index is 1.76. The Morgan fingerprint density at radius 1 is 1.37 bits per heavy atom. The summed E-state index contributed by atoms with van der Waals surface area (Å²) in [6, 6.07) is 2.97. The van der Waals surface area contributed by atoms with Gasteiger partial charge in [-0.2, -0.15) is 0 Å². The van der Waals surface area contributed by atoms with Crippen molar-refractivity contribution in [3.05, 3.63) is 40.6 Å². The normalized spacial score (nSPS) is 10.3. The molecule has 0 saturated carbocycles. The van der Waals surface area contributed by atoms with E-state index in [4.69, 9.17) is 5.11 Å². The molecule has 2 rings (SSSR count). The number of aromatic nitrogens is 2. The van der Waals surface area contributed by atoms with Crippen LogP contribution in [0, 0.1) is 0 Å². The largest absolute Gasteiger partial charge is 0.477 e.